The molecule has 0 radical (unpaired) electrons. The summed E-state index contributed by atoms with van der Waals surface area (Å²) in [6.45, 7) is 11.6. The van der Waals surface area contributed by atoms with Crippen LogP contribution in [-0.2, 0) is 4.74 Å². The predicted molar refractivity (Wildman–Crippen MR) is 120 cm³/mol. The maximum absolute atomic E-state index is 12.5. The van der Waals surface area contributed by atoms with E-state index in [0.29, 0.717) is 16.7 Å². The number of aryl methyl sites for hydroxylation is 1. The molecular formula is C21H28ClN5O2S. The lowest BCUT2D eigenvalue weighted by Gasteiger charge is -2.26. The Morgan fingerprint density at radius 1 is 1.37 bits per heavy atom. The monoisotopic (exact) mass is 449 g/mol. The Bertz CT molecular complexity index is 967. The van der Waals surface area contributed by atoms with Gasteiger partial charge in [-0.3, -0.25) is 0 Å². The Hall–Kier alpha value is -2.06. The SMILES string of the molecule is CCC(C)C(NC(=O)OC(C)(C)C)c1nnc2n1N=C(c1ccc(Cl)c(C)c1)CS2. The number of nitrogens with zero attached hydrogens (tertiary/aromatic N) is 4. The minimum atomic E-state index is -0.581. The fraction of sp³-hybridized carbons (Fsp3) is 0.524. The second-order valence-corrected chi connectivity index (χ2v) is 9.81. The van der Waals surface area contributed by atoms with Crippen LogP contribution in [0.4, 0.5) is 4.79 Å². The number of thioether (sulfide) groups is 1. The number of benzene rings is 1. The molecule has 1 aromatic heterocycles. The molecule has 2 atom stereocenters. The Kier molecular flexibility index (Phi) is 6.77. The third-order valence-electron chi connectivity index (χ3n) is 4.85. The van der Waals surface area contributed by atoms with E-state index in [4.69, 9.17) is 21.4 Å². The molecule has 0 bridgehead atoms. The van der Waals surface area contributed by atoms with Gasteiger partial charge in [-0.1, -0.05) is 49.7 Å². The van der Waals surface area contributed by atoms with E-state index in [0.717, 1.165) is 28.3 Å². The third kappa shape index (κ3) is 5.16. The number of fused-ring (bicyclic) bond motifs is 1. The van der Waals surface area contributed by atoms with Crippen LogP contribution in [-0.4, -0.2) is 38.0 Å². The van der Waals surface area contributed by atoms with Gasteiger partial charge in [0.1, 0.15) is 5.60 Å². The number of carbonyl (C=O) groups is 1. The van der Waals surface area contributed by atoms with E-state index < -0.39 is 11.7 Å². The van der Waals surface area contributed by atoms with Crippen molar-refractivity contribution in [2.45, 2.75) is 64.8 Å². The molecule has 0 fully saturated rings. The number of halogens is 1. The quantitative estimate of drug-likeness (QED) is 0.677. The molecule has 1 amide bonds. The van der Waals surface area contributed by atoms with Gasteiger partial charge in [0.05, 0.1) is 11.8 Å². The highest BCUT2D eigenvalue weighted by molar-refractivity contribution is 7.99. The lowest BCUT2D eigenvalue weighted by atomic mass is 9.99. The molecular weight excluding hydrogens is 422 g/mol. The van der Waals surface area contributed by atoms with E-state index in [1.165, 1.54) is 0 Å². The molecule has 0 saturated heterocycles. The normalized spacial score (nSPS) is 15.8. The smallest absolute Gasteiger partial charge is 0.408 e. The summed E-state index contributed by atoms with van der Waals surface area (Å²) >= 11 is 7.74. The third-order valence-corrected chi connectivity index (χ3v) is 6.20. The van der Waals surface area contributed by atoms with Crippen LogP contribution in [0.25, 0.3) is 0 Å². The second kappa shape index (κ2) is 8.98. The number of aromatic nitrogens is 3. The number of rotatable bonds is 5. The van der Waals surface area contributed by atoms with Gasteiger partial charge < -0.3 is 10.1 Å². The summed E-state index contributed by atoms with van der Waals surface area (Å²) in [6, 6.07) is 5.51. The Balaban J connectivity index is 1.95. The van der Waals surface area contributed by atoms with Crippen LogP contribution in [0.2, 0.25) is 5.02 Å². The zero-order valence-corrected chi connectivity index (χ0v) is 19.8. The van der Waals surface area contributed by atoms with Gasteiger partial charge in [0.15, 0.2) is 5.82 Å². The van der Waals surface area contributed by atoms with Crippen LogP contribution in [0.1, 0.15) is 64.0 Å². The van der Waals surface area contributed by atoms with Crippen molar-refractivity contribution in [2.75, 3.05) is 5.75 Å². The first kappa shape index (κ1) is 22.6. The Labute approximate surface area is 186 Å². The van der Waals surface area contributed by atoms with Gasteiger partial charge in [0.2, 0.25) is 5.16 Å². The largest absolute Gasteiger partial charge is 0.444 e. The van der Waals surface area contributed by atoms with Crippen molar-refractivity contribution in [3.8, 4) is 0 Å². The van der Waals surface area contributed by atoms with Crippen molar-refractivity contribution in [1.29, 1.82) is 0 Å². The fourth-order valence-corrected chi connectivity index (χ4v) is 4.00. The Morgan fingerprint density at radius 3 is 2.73 bits per heavy atom. The maximum atomic E-state index is 12.5. The lowest BCUT2D eigenvalue weighted by molar-refractivity contribution is 0.0482. The Morgan fingerprint density at radius 2 is 2.10 bits per heavy atom. The van der Waals surface area contributed by atoms with Crippen molar-refractivity contribution < 1.29 is 9.53 Å². The molecule has 1 aliphatic rings. The zero-order chi connectivity index (χ0) is 22.1. The molecule has 162 valence electrons. The highest BCUT2D eigenvalue weighted by atomic mass is 35.5. The van der Waals surface area contributed by atoms with Crippen LogP contribution in [0.5, 0.6) is 0 Å². The van der Waals surface area contributed by atoms with Gasteiger partial charge in [0.25, 0.3) is 0 Å². The minimum Gasteiger partial charge on any atom is -0.444 e. The number of amides is 1. The molecule has 1 N–H and O–H groups in total. The van der Waals surface area contributed by atoms with Crippen LogP contribution in [0.3, 0.4) is 0 Å². The van der Waals surface area contributed by atoms with Crippen molar-refractivity contribution in [3.63, 3.8) is 0 Å². The molecule has 3 rings (SSSR count). The van der Waals surface area contributed by atoms with Crippen molar-refractivity contribution in [1.82, 2.24) is 20.2 Å². The zero-order valence-electron chi connectivity index (χ0n) is 18.2. The van der Waals surface area contributed by atoms with E-state index in [1.54, 1.807) is 16.4 Å². The van der Waals surface area contributed by atoms with Gasteiger partial charge in [-0.25, -0.2) is 4.79 Å². The molecule has 7 nitrogen and oxygen atoms in total. The first-order valence-electron chi connectivity index (χ1n) is 10.0. The van der Waals surface area contributed by atoms with Gasteiger partial charge in [-0.15, -0.1) is 10.2 Å². The summed E-state index contributed by atoms with van der Waals surface area (Å²) in [5.41, 5.74) is 2.34. The van der Waals surface area contributed by atoms with E-state index in [1.807, 2.05) is 45.9 Å². The topological polar surface area (TPSA) is 81.4 Å². The molecule has 2 heterocycles. The van der Waals surface area contributed by atoms with Crippen molar-refractivity contribution in [3.05, 3.63) is 40.2 Å². The summed E-state index contributed by atoms with van der Waals surface area (Å²) in [7, 11) is 0. The van der Waals surface area contributed by atoms with Crippen LogP contribution < -0.4 is 5.32 Å². The molecule has 0 saturated carbocycles. The summed E-state index contributed by atoms with van der Waals surface area (Å²) < 4.78 is 7.20. The number of hydrogen-bond acceptors (Lipinski definition) is 6. The molecule has 1 aromatic carbocycles. The van der Waals surface area contributed by atoms with Gasteiger partial charge in [-0.2, -0.15) is 9.78 Å². The second-order valence-electron chi connectivity index (χ2n) is 8.46. The first-order valence-corrected chi connectivity index (χ1v) is 11.4. The number of ether oxygens (including phenoxy) is 1. The first-order chi connectivity index (χ1) is 14.1. The lowest BCUT2D eigenvalue weighted by Crippen LogP contribution is -2.38. The maximum Gasteiger partial charge on any atom is 0.408 e. The standard InChI is InChI=1S/C21H28ClN5O2S/c1-7-12(2)17(23-20(28)29-21(4,5)6)18-24-25-19-27(18)26-16(11-30-19)14-8-9-15(22)13(3)10-14/h8-10,12,17H,7,11H2,1-6H3,(H,23,28). The average molecular weight is 450 g/mol. The highest BCUT2D eigenvalue weighted by Gasteiger charge is 2.31. The number of carbonyl (C=O) groups excluding carboxylic acids is 1. The van der Waals surface area contributed by atoms with Crippen LogP contribution in [0.15, 0.2) is 28.5 Å². The predicted octanol–water partition coefficient (Wildman–Crippen LogP) is 5.21. The highest BCUT2D eigenvalue weighted by Crippen LogP contribution is 2.30. The average Bonchev–Trinajstić information content (AvgIpc) is 3.09. The van der Waals surface area contributed by atoms with Crippen molar-refractivity contribution in [2.24, 2.45) is 11.0 Å². The molecule has 0 spiro atoms. The molecule has 2 unspecified atom stereocenters. The number of alkyl carbamates (subject to hydrolysis) is 1. The summed E-state index contributed by atoms with van der Waals surface area (Å²) in [4.78, 5) is 12.5. The fourth-order valence-electron chi connectivity index (χ4n) is 3.03. The molecule has 2 aromatic rings. The van der Waals surface area contributed by atoms with E-state index in [-0.39, 0.29) is 12.0 Å². The molecule has 1 aliphatic heterocycles. The molecule has 30 heavy (non-hydrogen) atoms. The molecule has 9 heteroatoms. The number of nitrogens with one attached hydrogen (secondary N) is 1. The minimum absolute atomic E-state index is 0.120. The van der Waals surface area contributed by atoms with Gasteiger partial charge in [-0.05, 0) is 56.9 Å². The van der Waals surface area contributed by atoms with E-state index in [9.17, 15) is 4.79 Å². The number of hydrogen-bond donors (Lipinski definition) is 1. The van der Waals surface area contributed by atoms with E-state index >= 15 is 0 Å². The van der Waals surface area contributed by atoms with E-state index in [2.05, 4.69) is 29.4 Å². The van der Waals surface area contributed by atoms with Crippen LogP contribution >= 0.6 is 23.4 Å². The summed E-state index contributed by atoms with van der Waals surface area (Å²) in [6.07, 6.45) is 0.370. The summed E-state index contributed by atoms with van der Waals surface area (Å²) in [5, 5.41) is 17.9. The van der Waals surface area contributed by atoms with Gasteiger partial charge >= 0.3 is 6.09 Å². The molecule has 0 aliphatic carbocycles. The van der Waals surface area contributed by atoms with Crippen molar-refractivity contribution >= 4 is 35.2 Å². The van der Waals surface area contributed by atoms with Crippen LogP contribution in [0, 0.1) is 12.8 Å². The summed E-state index contributed by atoms with van der Waals surface area (Å²) in [5.74, 6) is 1.40. The van der Waals surface area contributed by atoms with Gasteiger partial charge in [0, 0.05) is 10.8 Å².